The van der Waals surface area contributed by atoms with E-state index in [2.05, 4.69) is 41.5 Å². The highest BCUT2D eigenvalue weighted by atomic mass is 16.2. The number of nitrogens with zero attached hydrogens (tertiary/aromatic N) is 2. The molecule has 2 amide bonds. The summed E-state index contributed by atoms with van der Waals surface area (Å²) in [5, 5.41) is 0. The summed E-state index contributed by atoms with van der Waals surface area (Å²) in [6, 6.07) is 9.63. The summed E-state index contributed by atoms with van der Waals surface area (Å²) in [6.07, 6.45) is 8.05. The minimum Gasteiger partial charge on any atom is -0.340 e. The van der Waals surface area contributed by atoms with Gasteiger partial charge in [0.15, 0.2) is 0 Å². The number of amides is 2. The zero-order valence-corrected chi connectivity index (χ0v) is 17.7. The molecular formula is C23H36N4O2. The fourth-order valence-electron chi connectivity index (χ4n) is 4.68. The number of carbonyl (C=O) groups is 2. The maximum atomic E-state index is 12.3. The third kappa shape index (κ3) is 6.03. The molecule has 1 saturated carbocycles. The van der Waals surface area contributed by atoms with Crippen LogP contribution in [0.25, 0.3) is 0 Å². The number of nitrogens with two attached hydrogens (primary N) is 1. The van der Waals surface area contributed by atoms with Gasteiger partial charge in [-0.15, -0.1) is 0 Å². The van der Waals surface area contributed by atoms with Gasteiger partial charge in [-0.2, -0.15) is 0 Å². The van der Waals surface area contributed by atoms with Gasteiger partial charge in [-0.05, 0) is 43.2 Å². The number of benzene rings is 1. The maximum Gasteiger partial charge on any atom is 0.233 e. The molecule has 6 nitrogen and oxygen atoms in total. The Morgan fingerprint density at radius 1 is 1.03 bits per heavy atom. The van der Waals surface area contributed by atoms with Gasteiger partial charge in [-0.1, -0.05) is 43.5 Å². The summed E-state index contributed by atoms with van der Waals surface area (Å²) >= 11 is 0. The monoisotopic (exact) mass is 400 g/mol. The van der Waals surface area contributed by atoms with Crippen molar-refractivity contribution in [3.05, 3.63) is 35.4 Å². The molecule has 1 aromatic carbocycles. The number of hydrazine groups is 1. The highest BCUT2D eigenvalue weighted by Gasteiger charge is 2.25. The second kappa shape index (κ2) is 10.7. The van der Waals surface area contributed by atoms with Crippen LogP contribution in [0.4, 0.5) is 0 Å². The van der Waals surface area contributed by atoms with Crippen LogP contribution in [0.1, 0.15) is 81.4 Å². The van der Waals surface area contributed by atoms with Gasteiger partial charge in [0.1, 0.15) is 0 Å². The van der Waals surface area contributed by atoms with Crippen LogP contribution in [0.5, 0.6) is 0 Å². The molecule has 1 unspecified atom stereocenters. The predicted molar refractivity (Wildman–Crippen MR) is 115 cm³/mol. The molecule has 6 heteroatoms. The summed E-state index contributed by atoms with van der Waals surface area (Å²) in [5.41, 5.74) is 4.96. The van der Waals surface area contributed by atoms with Crippen LogP contribution in [-0.2, 0) is 9.59 Å². The van der Waals surface area contributed by atoms with E-state index < -0.39 is 0 Å². The SMILES string of the molecule is CC(c1ccc(C2CCCCC2)cc1)N1CCN(C(=O)CCCC(=O)NN)CC1. The molecule has 1 aliphatic carbocycles. The minimum absolute atomic E-state index is 0.138. The fraction of sp³-hybridized carbons (Fsp3) is 0.652. The number of hydrogen-bond donors (Lipinski definition) is 2. The molecule has 160 valence electrons. The Morgan fingerprint density at radius 2 is 1.69 bits per heavy atom. The van der Waals surface area contributed by atoms with Gasteiger partial charge in [0.05, 0.1) is 0 Å². The van der Waals surface area contributed by atoms with E-state index in [0.717, 1.165) is 32.1 Å². The molecule has 0 radical (unpaired) electrons. The number of piperazine rings is 1. The van der Waals surface area contributed by atoms with Crippen molar-refractivity contribution >= 4 is 11.8 Å². The van der Waals surface area contributed by atoms with E-state index >= 15 is 0 Å². The van der Waals surface area contributed by atoms with E-state index in [0.29, 0.717) is 25.3 Å². The van der Waals surface area contributed by atoms with Gasteiger partial charge < -0.3 is 4.90 Å². The first kappa shape index (κ1) is 21.8. The average Bonchev–Trinajstić information content (AvgIpc) is 2.79. The third-order valence-electron chi connectivity index (χ3n) is 6.67. The van der Waals surface area contributed by atoms with Crippen LogP contribution in [-0.4, -0.2) is 47.8 Å². The first-order valence-corrected chi connectivity index (χ1v) is 11.2. The molecule has 0 aromatic heterocycles. The summed E-state index contributed by atoms with van der Waals surface area (Å²) < 4.78 is 0. The smallest absolute Gasteiger partial charge is 0.233 e. The second-order valence-corrected chi connectivity index (χ2v) is 8.52. The molecule has 3 rings (SSSR count). The van der Waals surface area contributed by atoms with Crippen molar-refractivity contribution in [2.24, 2.45) is 5.84 Å². The first-order valence-electron chi connectivity index (χ1n) is 11.2. The van der Waals surface area contributed by atoms with Gasteiger partial charge in [0, 0.05) is 45.1 Å². The lowest BCUT2D eigenvalue weighted by molar-refractivity contribution is -0.133. The van der Waals surface area contributed by atoms with E-state index in [1.807, 2.05) is 4.90 Å². The standard InChI is InChI=1S/C23H36N4O2/c1-18(19-10-12-21(13-11-19)20-6-3-2-4-7-20)26-14-16-27(17-15-26)23(29)9-5-8-22(28)25-24/h10-13,18,20H,2-9,14-17,24H2,1H3,(H,25,28). The van der Waals surface area contributed by atoms with Crippen molar-refractivity contribution < 1.29 is 9.59 Å². The number of nitrogens with one attached hydrogen (secondary N) is 1. The van der Waals surface area contributed by atoms with Crippen LogP contribution in [0, 0.1) is 0 Å². The normalized spacial score (nSPS) is 19.7. The molecule has 1 aliphatic heterocycles. The van der Waals surface area contributed by atoms with Gasteiger partial charge in [-0.25, -0.2) is 5.84 Å². The van der Waals surface area contributed by atoms with Crippen molar-refractivity contribution in [3.63, 3.8) is 0 Å². The zero-order chi connectivity index (χ0) is 20.6. The summed E-state index contributed by atoms with van der Waals surface area (Å²) in [4.78, 5) is 27.9. The van der Waals surface area contributed by atoms with Crippen molar-refractivity contribution in [2.75, 3.05) is 26.2 Å². The Labute approximate surface area is 174 Å². The molecule has 1 heterocycles. The molecule has 2 fully saturated rings. The van der Waals surface area contributed by atoms with Crippen molar-refractivity contribution in [1.82, 2.24) is 15.2 Å². The van der Waals surface area contributed by atoms with E-state index in [9.17, 15) is 9.59 Å². The number of rotatable bonds is 7. The summed E-state index contributed by atoms with van der Waals surface area (Å²) in [7, 11) is 0. The Balaban J connectivity index is 1.45. The molecular weight excluding hydrogens is 364 g/mol. The van der Waals surface area contributed by atoms with Crippen molar-refractivity contribution in [1.29, 1.82) is 0 Å². The molecule has 0 spiro atoms. The van der Waals surface area contributed by atoms with Crippen LogP contribution >= 0.6 is 0 Å². The average molecular weight is 401 g/mol. The second-order valence-electron chi connectivity index (χ2n) is 8.52. The van der Waals surface area contributed by atoms with E-state index in [4.69, 9.17) is 5.84 Å². The van der Waals surface area contributed by atoms with Crippen LogP contribution in [0.2, 0.25) is 0 Å². The lowest BCUT2D eigenvalue weighted by Gasteiger charge is -2.38. The first-order chi connectivity index (χ1) is 14.1. The van der Waals surface area contributed by atoms with Crippen LogP contribution in [0.15, 0.2) is 24.3 Å². The van der Waals surface area contributed by atoms with Gasteiger partial charge in [-0.3, -0.25) is 19.9 Å². The van der Waals surface area contributed by atoms with Crippen LogP contribution in [0.3, 0.4) is 0 Å². The number of carbonyl (C=O) groups excluding carboxylic acids is 2. The molecule has 2 aliphatic rings. The molecule has 1 atom stereocenters. The van der Waals surface area contributed by atoms with Gasteiger partial charge in [0.25, 0.3) is 0 Å². The topological polar surface area (TPSA) is 78.7 Å². The van der Waals surface area contributed by atoms with E-state index in [1.165, 1.54) is 43.2 Å². The van der Waals surface area contributed by atoms with E-state index in [1.54, 1.807) is 0 Å². The quantitative estimate of drug-likeness (QED) is 0.419. The largest absolute Gasteiger partial charge is 0.340 e. The maximum absolute atomic E-state index is 12.3. The van der Waals surface area contributed by atoms with Gasteiger partial charge in [0.2, 0.25) is 11.8 Å². The molecule has 0 bridgehead atoms. The minimum atomic E-state index is -0.217. The van der Waals surface area contributed by atoms with Crippen molar-refractivity contribution in [2.45, 2.75) is 70.3 Å². The summed E-state index contributed by atoms with van der Waals surface area (Å²) in [6.45, 7) is 5.55. The van der Waals surface area contributed by atoms with Gasteiger partial charge >= 0.3 is 0 Å². The molecule has 1 saturated heterocycles. The zero-order valence-electron chi connectivity index (χ0n) is 17.7. The Kier molecular flexibility index (Phi) is 8.07. The lowest BCUT2D eigenvalue weighted by atomic mass is 9.83. The molecule has 3 N–H and O–H groups in total. The molecule has 29 heavy (non-hydrogen) atoms. The Bertz CT molecular complexity index is 662. The van der Waals surface area contributed by atoms with Crippen LogP contribution < -0.4 is 11.3 Å². The fourth-order valence-corrected chi connectivity index (χ4v) is 4.68. The van der Waals surface area contributed by atoms with E-state index in [-0.39, 0.29) is 11.8 Å². The van der Waals surface area contributed by atoms with Crippen molar-refractivity contribution in [3.8, 4) is 0 Å². The number of hydrogen-bond acceptors (Lipinski definition) is 4. The summed E-state index contributed by atoms with van der Waals surface area (Å²) in [5.74, 6) is 5.74. The highest BCUT2D eigenvalue weighted by molar-refractivity contribution is 5.78. The highest BCUT2D eigenvalue weighted by Crippen LogP contribution is 2.33. The molecule has 1 aromatic rings. The predicted octanol–water partition coefficient (Wildman–Crippen LogP) is 3.10. The third-order valence-corrected chi connectivity index (χ3v) is 6.67. The lowest BCUT2D eigenvalue weighted by Crippen LogP contribution is -2.49. The Hall–Kier alpha value is -1.92. The Morgan fingerprint density at radius 3 is 2.31 bits per heavy atom.